The van der Waals surface area contributed by atoms with E-state index >= 15 is 0 Å². The van der Waals surface area contributed by atoms with Crippen LogP contribution >= 0.6 is 0 Å². The number of rotatable bonds is 3. The molecule has 3 rings (SSSR count). The van der Waals surface area contributed by atoms with Crippen molar-refractivity contribution in [3.05, 3.63) is 23.6 Å². The molecule has 16 heavy (non-hydrogen) atoms. The van der Waals surface area contributed by atoms with Crippen LogP contribution < -0.4 is 4.74 Å². The van der Waals surface area contributed by atoms with E-state index in [9.17, 15) is 0 Å². The Labute approximate surface area is 93.2 Å². The fourth-order valence-electron chi connectivity index (χ4n) is 1.89. The van der Waals surface area contributed by atoms with Gasteiger partial charge in [-0.1, -0.05) is 0 Å². The van der Waals surface area contributed by atoms with Gasteiger partial charge in [0.05, 0.1) is 19.8 Å². The van der Waals surface area contributed by atoms with Crippen LogP contribution in [-0.4, -0.2) is 24.8 Å². The second kappa shape index (κ2) is 3.49. The predicted molar refractivity (Wildman–Crippen MR) is 58.7 cm³/mol. The normalized spacial score (nSPS) is 19.0. The van der Waals surface area contributed by atoms with E-state index in [1.165, 1.54) is 0 Å². The Balaban J connectivity index is 2.12. The van der Waals surface area contributed by atoms with E-state index in [1.54, 1.807) is 7.11 Å². The van der Waals surface area contributed by atoms with Crippen LogP contribution in [-0.2, 0) is 11.2 Å². The van der Waals surface area contributed by atoms with E-state index in [0.29, 0.717) is 12.0 Å². The molecule has 1 atom stereocenters. The maximum absolute atomic E-state index is 5.52. The lowest BCUT2D eigenvalue weighted by atomic mass is 10.1. The second-order valence-electron chi connectivity index (χ2n) is 4.03. The van der Waals surface area contributed by atoms with Crippen molar-refractivity contribution in [2.24, 2.45) is 0 Å². The average molecular weight is 219 g/mol. The molecule has 1 fully saturated rings. The molecule has 0 unspecified atom stereocenters. The molecule has 1 aromatic carbocycles. The van der Waals surface area contributed by atoms with Gasteiger partial charge in [-0.3, -0.25) is 0 Å². The molecule has 1 aliphatic heterocycles. The van der Waals surface area contributed by atoms with E-state index in [0.717, 1.165) is 35.4 Å². The number of epoxide rings is 1. The van der Waals surface area contributed by atoms with Crippen LogP contribution in [0.2, 0.25) is 0 Å². The molecule has 0 N–H and O–H groups in total. The first-order chi connectivity index (χ1) is 7.76. The van der Waals surface area contributed by atoms with Gasteiger partial charge in [-0.25, -0.2) is 4.98 Å². The number of hydrogen-bond acceptors (Lipinski definition) is 4. The minimum Gasteiger partial charge on any atom is -0.497 e. The van der Waals surface area contributed by atoms with E-state index in [-0.39, 0.29) is 0 Å². The summed E-state index contributed by atoms with van der Waals surface area (Å²) in [6, 6.07) is 3.87. The molecule has 4 heteroatoms. The quantitative estimate of drug-likeness (QED) is 0.741. The Morgan fingerprint density at radius 1 is 1.50 bits per heavy atom. The highest BCUT2D eigenvalue weighted by Gasteiger charge is 2.24. The summed E-state index contributed by atoms with van der Waals surface area (Å²) < 4.78 is 16.0. The third-order valence-corrected chi connectivity index (χ3v) is 2.74. The van der Waals surface area contributed by atoms with Crippen molar-refractivity contribution in [2.45, 2.75) is 19.4 Å². The minimum absolute atomic E-state index is 0.340. The van der Waals surface area contributed by atoms with Crippen molar-refractivity contribution >= 4 is 11.1 Å². The summed E-state index contributed by atoms with van der Waals surface area (Å²) in [6.07, 6.45) is 1.21. The van der Waals surface area contributed by atoms with Gasteiger partial charge in [0, 0.05) is 19.4 Å². The van der Waals surface area contributed by atoms with Crippen molar-refractivity contribution in [2.75, 3.05) is 13.7 Å². The molecule has 0 bridgehead atoms. The molecule has 0 aliphatic carbocycles. The molecule has 2 aromatic rings. The van der Waals surface area contributed by atoms with E-state index < -0.39 is 0 Å². The minimum atomic E-state index is 0.340. The van der Waals surface area contributed by atoms with Crippen LogP contribution in [0.1, 0.15) is 11.5 Å². The van der Waals surface area contributed by atoms with E-state index in [4.69, 9.17) is 13.9 Å². The van der Waals surface area contributed by atoms with Gasteiger partial charge in [0.25, 0.3) is 0 Å². The summed E-state index contributed by atoms with van der Waals surface area (Å²) in [5.74, 6) is 1.49. The molecule has 84 valence electrons. The molecule has 4 nitrogen and oxygen atoms in total. The monoisotopic (exact) mass is 219 g/mol. The summed E-state index contributed by atoms with van der Waals surface area (Å²) in [5.41, 5.74) is 2.84. The highest BCUT2D eigenvalue weighted by atomic mass is 16.6. The Hall–Kier alpha value is -1.55. The number of aromatic nitrogens is 1. The molecule has 1 aliphatic rings. The molecule has 2 heterocycles. The fourth-order valence-corrected chi connectivity index (χ4v) is 1.89. The number of methoxy groups -OCH3 is 1. The summed E-state index contributed by atoms with van der Waals surface area (Å²) in [5, 5.41) is 0. The van der Waals surface area contributed by atoms with Crippen LogP contribution in [0.4, 0.5) is 0 Å². The highest BCUT2D eigenvalue weighted by molar-refractivity contribution is 5.78. The molecule has 1 aromatic heterocycles. The number of nitrogens with zero attached hydrogens (tertiary/aromatic N) is 1. The number of benzene rings is 1. The Morgan fingerprint density at radius 2 is 2.31 bits per heavy atom. The van der Waals surface area contributed by atoms with Gasteiger partial charge in [-0.15, -0.1) is 0 Å². The SMILES string of the molecule is COc1cc(C[C@H]2CO2)c2nc(C)oc2c1. The molecule has 0 radical (unpaired) electrons. The molecule has 0 saturated carbocycles. The maximum atomic E-state index is 5.52. The third-order valence-electron chi connectivity index (χ3n) is 2.74. The first kappa shape index (κ1) is 9.66. The molecule has 1 saturated heterocycles. The predicted octanol–water partition coefficient (Wildman–Crippen LogP) is 2.09. The Morgan fingerprint density at radius 3 is 3.00 bits per heavy atom. The lowest BCUT2D eigenvalue weighted by molar-refractivity contribution is 0.404. The zero-order valence-electron chi connectivity index (χ0n) is 9.32. The van der Waals surface area contributed by atoms with Crippen LogP contribution in [0.5, 0.6) is 5.75 Å². The molecule has 0 spiro atoms. The summed E-state index contributed by atoms with van der Waals surface area (Å²) in [7, 11) is 1.65. The maximum Gasteiger partial charge on any atom is 0.192 e. The average Bonchev–Trinajstić information content (AvgIpc) is 2.98. The lowest BCUT2D eigenvalue weighted by Crippen LogP contribution is -1.95. The summed E-state index contributed by atoms with van der Waals surface area (Å²) in [4.78, 5) is 4.39. The zero-order chi connectivity index (χ0) is 11.1. The Bertz CT molecular complexity index is 528. The van der Waals surface area contributed by atoms with Crippen molar-refractivity contribution in [3.8, 4) is 5.75 Å². The molecular formula is C12H13NO3. The first-order valence-corrected chi connectivity index (χ1v) is 5.32. The van der Waals surface area contributed by atoms with E-state index in [2.05, 4.69) is 4.98 Å². The fraction of sp³-hybridized carbons (Fsp3) is 0.417. The van der Waals surface area contributed by atoms with Gasteiger partial charge in [0.15, 0.2) is 11.5 Å². The topological polar surface area (TPSA) is 47.8 Å². The smallest absolute Gasteiger partial charge is 0.192 e. The van der Waals surface area contributed by atoms with Crippen molar-refractivity contribution < 1.29 is 13.9 Å². The standard InChI is InChI=1S/C12H13NO3/c1-7-13-12-8(4-10-6-15-10)3-9(14-2)5-11(12)16-7/h3,5,10H,4,6H2,1-2H3/t10-/m0/s1. The molecule has 0 amide bonds. The van der Waals surface area contributed by atoms with Gasteiger partial charge < -0.3 is 13.9 Å². The molecular weight excluding hydrogens is 206 g/mol. The van der Waals surface area contributed by atoms with Crippen LogP contribution in [0.3, 0.4) is 0 Å². The van der Waals surface area contributed by atoms with Crippen molar-refractivity contribution in [1.82, 2.24) is 4.98 Å². The summed E-state index contributed by atoms with van der Waals surface area (Å²) >= 11 is 0. The number of hydrogen-bond donors (Lipinski definition) is 0. The second-order valence-corrected chi connectivity index (χ2v) is 4.03. The summed E-state index contributed by atoms with van der Waals surface area (Å²) in [6.45, 7) is 2.69. The van der Waals surface area contributed by atoms with Gasteiger partial charge >= 0.3 is 0 Å². The third kappa shape index (κ3) is 1.65. The van der Waals surface area contributed by atoms with Crippen molar-refractivity contribution in [3.63, 3.8) is 0 Å². The van der Waals surface area contributed by atoms with Crippen LogP contribution in [0.15, 0.2) is 16.5 Å². The van der Waals surface area contributed by atoms with Crippen molar-refractivity contribution in [1.29, 1.82) is 0 Å². The van der Waals surface area contributed by atoms with Gasteiger partial charge in [0.2, 0.25) is 0 Å². The number of oxazole rings is 1. The van der Waals surface area contributed by atoms with Gasteiger partial charge in [-0.2, -0.15) is 0 Å². The highest BCUT2D eigenvalue weighted by Crippen LogP contribution is 2.28. The van der Waals surface area contributed by atoms with Crippen LogP contribution in [0, 0.1) is 6.92 Å². The zero-order valence-corrected chi connectivity index (χ0v) is 9.32. The first-order valence-electron chi connectivity index (χ1n) is 5.32. The number of ether oxygens (including phenoxy) is 2. The number of aryl methyl sites for hydroxylation is 1. The van der Waals surface area contributed by atoms with Crippen LogP contribution in [0.25, 0.3) is 11.1 Å². The van der Waals surface area contributed by atoms with Gasteiger partial charge in [-0.05, 0) is 11.6 Å². The number of fused-ring (bicyclic) bond motifs is 1. The Kier molecular flexibility index (Phi) is 2.11. The van der Waals surface area contributed by atoms with Gasteiger partial charge in [0.1, 0.15) is 11.3 Å². The lowest BCUT2D eigenvalue weighted by Gasteiger charge is -2.03. The largest absolute Gasteiger partial charge is 0.497 e. The van der Waals surface area contributed by atoms with E-state index in [1.807, 2.05) is 19.1 Å².